The van der Waals surface area contributed by atoms with E-state index in [4.69, 9.17) is 9.47 Å². The minimum absolute atomic E-state index is 0.00189. The summed E-state index contributed by atoms with van der Waals surface area (Å²) >= 11 is 0. The first-order chi connectivity index (χ1) is 8.83. The zero-order chi connectivity index (χ0) is 12.8. The molecule has 1 saturated heterocycles. The van der Waals surface area contributed by atoms with Crippen molar-refractivity contribution in [2.24, 2.45) is 0 Å². The van der Waals surface area contributed by atoms with E-state index >= 15 is 0 Å². The Morgan fingerprint density at radius 1 is 1.39 bits per heavy atom. The highest BCUT2D eigenvalue weighted by molar-refractivity contribution is 5.97. The number of carbonyl (C=O) groups excluding carboxylic acids is 1. The van der Waals surface area contributed by atoms with E-state index in [-0.39, 0.29) is 5.91 Å². The van der Waals surface area contributed by atoms with E-state index in [2.05, 4.69) is 6.58 Å². The van der Waals surface area contributed by atoms with Gasteiger partial charge in [-0.25, -0.2) is 0 Å². The van der Waals surface area contributed by atoms with Gasteiger partial charge in [-0.1, -0.05) is 24.8 Å². The second-order valence-corrected chi connectivity index (χ2v) is 4.00. The lowest BCUT2D eigenvalue weighted by Crippen LogP contribution is -2.40. The number of benzene rings is 1. The van der Waals surface area contributed by atoms with Crippen molar-refractivity contribution in [2.75, 3.05) is 32.9 Å². The molecule has 1 amide bonds. The SMILES string of the molecule is C=CCOc1ccccc1C(=O)N1CCOCC1. The fourth-order valence-corrected chi connectivity index (χ4v) is 1.85. The van der Waals surface area contributed by atoms with E-state index < -0.39 is 0 Å². The first-order valence-corrected chi connectivity index (χ1v) is 6.02. The van der Waals surface area contributed by atoms with E-state index in [1.807, 2.05) is 12.1 Å². The fourth-order valence-electron chi connectivity index (χ4n) is 1.85. The first kappa shape index (κ1) is 12.6. The van der Waals surface area contributed by atoms with Crippen LogP contribution in [-0.4, -0.2) is 43.7 Å². The Bertz CT molecular complexity index is 425. The Kier molecular flexibility index (Phi) is 4.36. The van der Waals surface area contributed by atoms with Crippen LogP contribution in [0.4, 0.5) is 0 Å². The van der Waals surface area contributed by atoms with Gasteiger partial charge in [-0.05, 0) is 12.1 Å². The number of morpholine rings is 1. The third-order valence-electron chi connectivity index (χ3n) is 2.77. The van der Waals surface area contributed by atoms with Gasteiger partial charge in [-0.15, -0.1) is 0 Å². The van der Waals surface area contributed by atoms with Crippen LogP contribution in [0.15, 0.2) is 36.9 Å². The number of carbonyl (C=O) groups is 1. The lowest BCUT2D eigenvalue weighted by atomic mass is 10.1. The molecular weight excluding hydrogens is 230 g/mol. The summed E-state index contributed by atoms with van der Waals surface area (Å²) in [5.41, 5.74) is 0.598. The lowest BCUT2D eigenvalue weighted by molar-refractivity contribution is 0.0300. The summed E-state index contributed by atoms with van der Waals surface area (Å²) in [6.07, 6.45) is 1.66. The average molecular weight is 247 g/mol. The Balaban J connectivity index is 2.15. The van der Waals surface area contributed by atoms with Gasteiger partial charge in [0.2, 0.25) is 0 Å². The molecule has 0 atom stereocenters. The topological polar surface area (TPSA) is 38.8 Å². The number of hydrogen-bond acceptors (Lipinski definition) is 3. The van der Waals surface area contributed by atoms with Crippen LogP contribution in [0.2, 0.25) is 0 Å². The van der Waals surface area contributed by atoms with Crippen molar-refractivity contribution in [1.29, 1.82) is 0 Å². The standard InChI is InChI=1S/C14H17NO3/c1-2-9-18-13-6-4-3-5-12(13)14(16)15-7-10-17-11-8-15/h2-6H,1,7-11H2. The largest absolute Gasteiger partial charge is 0.489 e. The predicted molar refractivity (Wildman–Crippen MR) is 68.9 cm³/mol. The van der Waals surface area contributed by atoms with Crippen molar-refractivity contribution in [2.45, 2.75) is 0 Å². The third kappa shape index (κ3) is 2.90. The van der Waals surface area contributed by atoms with Crippen molar-refractivity contribution in [3.05, 3.63) is 42.5 Å². The highest BCUT2D eigenvalue weighted by atomic mass is 16.5. The molecule has 0 aromatic heterocycles. The molecule has 1 aromatic rings. The molecule has 4 nitrogen and oxygen atoms in total. The van der Waals surface area contributed by atoms with Crippen LogP contribution < -0.4 is 4.74 Å². The second kappa shape index (κ2) is 6.21. The molecule has 0 bridgehead atoms. The number of nitrogens with zero attached hydrogens (tertiary/aromatic N) is 1. The van der Waals surface area contributed by atoms with Gasteiger partial charge in [0.25, 0.3) is 5.91 Å². The van der Waals surface area contributed by atoms with Crippen LogP contribution in [0.5, 0.6) is 5.75 Å². The van der Waals surface area contributed by atoms with Crippen molar-refractivity contribution < 1.29 is 14.3 Å². The van der Waals surface area contributed by atoms with Gasteiger partial charge in [0.05, 0.1) is 18.8 Å². The van der Waals surface area contributed by atoms with Gasteiger partial charge in [0.1, 0.15) is 12.4 Å². The van der Waals surface area contributed by atoms with E-state index in [1.165, 1.54) is 0 Å². The quantitative estimate of drug-likeness (QED) is 0.760. The van der Waals surface area contributed by atoms with Gasteiger partial charge in [-0.2, -0.15) is 0 Å². The van der Waals surface area contributed by atoms with Crippen LogP contribution in [0.25, 0.3) is 0 Å². The third-order valence-corrected chi connectivity index (χ3v) is 2.77. The molecule has 1 aliphatic heterocycles. The monoisotopic (exact) mass is 247 g/mol. The summed E-state index contributed by atoms with van der Waals surface area (Å²) in [6, 6.07) is 7.29. The molecule has 1 fully saturated rings. The van der Waals surface area contributed by atoms with Gasteiger partial charge < -0.3 is 14.4 Å². The second-order valence-electron chi connectivity index (χ2n) is 4.00. The molecule has 1 aromatic carbocycles. The Morgan fingerprint density at radius 2 is 2.11 bits per heavy atom. The minimum atomic E-state index is -0.00189. The van der Waals surface area contributed by atoms with E-state index in [0.717, 1.165) is 0 Å². The van der Waals surface area contributed by atoms with Crippen molar-refractivity contribution >= 4 is 5.91 Å². The number of rotatable bonds is 4. The zero-order valence-electron chi connectivity index (χ0n) is 10.3. The number of para-hydroxylation sites is 1. The highest BCUT2D eigenvalue weighted by Crippen LogP contribution is 2.20. The summed E-state index contributed by atoms with van der Waals surface area (Å²) in [7, 11) is 0. The van der Waals surface area contributed by atoms with Crippen molar-refractivity contribution in [1.82, 2.24) is 4.90 Å². The molecule has 0 N–H and O–H groups in total. The number of ether oxygens (including phenoxy) is 2. The normalized spacial score (nSPS) is 15.2. The van der Waals surface area contributed by atoms with Gasteiger partial charge in [0.15, 0.2) is 0 Å². The summed E-state index contributed by atoms with van der Waals surface area (Å²) in [5.74, 6) is 0.604. The molecular formula is C14H17NO3. The lowest BCUT2D eigenvalue weighted by Gasteiger charge is -2.27. The van der Waals surface area contributed by atoms with Crippen LogP contribution in [0.1, 0.15) is 10.4 Å². The van der Waals surface area contributed by atoms with Crippen LogP contribution in [0, 0.1) is 0 Å². The van der Waals surface area contributed by atoms with Crippen LogP contribution in [0.3, 0.4) is 0 Å². The molecule has 96 valence electrons. The zero-order valence-corrected chi connectivity index (χ0v) is 10.3. The Morgan fingerprint density at radius 3 is 2.83 bits per heavy atom. The predicted octanol–water partition coefficient (Wildman–Crippen LogP) is 1.72. The molecule has 0 spiro atoms. The smallest absolute Gasteiger partial charge is 0.257 e. The average Bonchev–Trinajstić information content (AvgIpc) is 2.45. The van der Waals surface area contributed by atoms with E-state index in [0.29, 0.717) is 44.2 Å². The molecule has 0 saturated carbocycles. The summed E-state index contributed by atoms with van der Waals surface area (Å²) < 4.78 is 10.7. The maximum Gasteiger partial charge on any atom is 0.257 e. The highest BCUT2D eigenvalue weighted by Gasteiger charge is 2.21. The molecule has 1 heterocycles. The molecule has 0 aliphatic carbocycles. The first-order valence-electron chi connectivity index (χ1n) is 6.02. The number of hydrogen-bond donors (Lipinski definition) is 0. The molecule has 18 heavy (non-hydrogen) atoms. The molecule has 0 unspecified atom stereocenters. The van der Waals surface area contributed by atoms with Crippen LogP contribution >= 0.6 is 0 Å². The van der Waals surface area contributed by atoms with E-state index in [9.17, 15) is 4.79 Å². The summed E-state index contributed by atoms with van der Waals surface area (Å²) in [4.78, 5) is 14.1. The molecule has 4 heteroatoms. The minimum Gasteiger partial charge on any atom is -0.489 e. The fraction of sp³-hybridized carbons (Fsp3) is 0.357. The molecule has 1 aliphatic rings. The van der Waals surface area contributed by atoms with Gasteiger partial charge in [0, 0.05) is 13.1 Å². The van der Waals surface area contributed by atoms with Crippen LogP contribution in [-0.2, 0) is 4.74 Å². The van der Waals surface area contributed by atoms with Gasteiger partial charge >= 0.3 is 0 Å². The summed E-state index contributed by atoms with van der Waals surface area (Å²) in [6.45, 7) is 6.46. The van der Waals surface area contributed by atoms with Crippen molar-refractivity contribution in [3.63, 3.8) is 0 Å². The summed E-state index contributed by atoms with van der Waals surface area (Å²) in [5, 5.41) is 0. The van der Waals surface area contributed by atoms with Gasteiger partial charge in [-0.3, -0.25) is 4.79 Å². The van der Waals surface area contributed by atoms with E-state index in [1.54, 1.807) is 23.1 Å². The molecule has 0 radical (unpaired) electrons. The number of amides is 1. The molecule has 2 rings (SSSR count). The Hall–Kier alpha value is -1.81. The Labute approximate surface area is 107 Å². The maximum atomic E-state index is 12.3. The van der Waals surface area contributed by atoms with Crippen molar-refractivity contribution in [3.8, 4) is 5.75 Å². The maximum absolute atomic E-state index is 12.3.